The van der Waals surface area contributed by atoms with E-state index in [2.05, 4.69) is 20.3 Å². The van der Waals surface area contributed by atoms with E-state index < -0.39 is 0 Å². The summed E-state index contributed by atoms with van der Waals surface area (Å²) in [5.74, 6) is 0.338. The Morgan fingerprint density at radius 1 is 1.08 bits per heavy atom. The molecule has 25 heavy (non-hydrogen) atoms. The van der Waals surface area contributed by atoms with Gasteiger partial charge in [0, 0.05) is 43.1 Å². The van der Waals surface area contributed by atoms with Crippen LogP contribution in [0.2, 0.25) is 0 Å². The molecule has 0 aliphatic heterocycles. The van der Waals surface area contributed by atoms with Gasteiger partial charge in [0.1, 0.15) is 5.82 Å². The van der Waals surface area contributed by atoms with Crippen LogP contribution in [0.25, 0.3) is 16.9 Å². The lowest BCUT2D eigenvalue weighted by Gasteiger charge is -2.10. The number of aromatic nitrogens is 4. The summed E-state index contributed by atoms with van der Waals surface area (Å²) in [6.07, 6.45) is 9.72. The maximum atomic E-state index is 14.1. The van der Waals surface area contributed by atoms with E-state index in [4.69, 9.17) is 0 Å². The zero-order chi connectivity index (χ0) is 17.1. The summed E-state index contributed by atoms with van der Waals surface area (Å²) in [5.41, 5.74) is 2.88. The first-order valence-corrected chi connectivity index (χ1v) is 8.02. The van der Waals surface area contributed by atoms with Gasteiger partial charge in [-0.3, -0.25) is 4.98 Å². The van der Waals surface area contributed by atoms with Gasteiger partial charge < -0.3 is 9.72 Å². The fourth-order valence-electron chi connectivity index (χ4n) is 2.72. The number of nitrogens with one attached hydrogen (secondary N) is 1. The SMILES string of the molecule is Fc1ccccc1-c1cn2ccnc2c(NCCc2cccnc2)n1. The molecular formula is C19H16FN5. The highest BCUT2D eigenvalue weighted by atomic mass is 19.1. The van der Waals surface area contributed by atoms with E-state index >= 15 is 0 Å². The van der Waals surface area contributed by atoms with Gasteiger partial charge in [0.2, 0.25) is 0 Å². The molecule has 3 heterocycles. The number of hydrogen-bond acceptors (Lipinski definition) is 4. The second-order valence-electron chi connectivity index (χ2n) is 5.65. The Morgan fingerprint density at radius 3 is 2.84 bits per heavy atom. The van der Waals surface area contributed by atoms with Gasteiger partial charge in [0.05, 0.1) is 5.69 Å². The summed E-state index contributed by atoms with van der Waals surface area (Å²) in [7, 11) is 0. The van der Waals surface area contributed by atoms with E-state index in [0.29, 0.717) is 29.3 Å². The number of benzene rings is 1. The number of fused-ring (bicyclic) bond motifs is 1. The molecule has 0 saturated heterocycles. The van der Waals surface area contributed by atoms with Crippen LogP contribution in [0, 0.1) is 5.82 Å². The van der Waals surface area contributed by atoms with Gasteiger partial charge in [-0.25, -0.2) is 14.4 Å². The largest absolute Gasteiger partial charge is 0.367 e. The van der Waals surface area contributed by atoms with Gasteiger partial charge in [-0.1, -0.05) is 18.2 Å². The highest BCUT2D eigenvalue weighted by Gasteiger charge is 2.11. The van der Waals surface area contributed by atoms with Crippen molar-refractivity contribution in [1.82, 2.24) is 19.4 Å². The molecule has 4 rings (SSSR count). The molecule has 0 unspecified atom stereocenters. The molecule has 4 aromatic rings. The molecule has 0 amide bonds. The monoisotopic (exact) mass is 333 g/mol. The third-order valence-corrected chi connectivity index (χ3v) is 3.95. The summed E-state index contributed by atoms with van der Waals surface area (Å²) in [6, 6.07) is 10.6. The van der Waals surface area contributed by atoms with E-state index in [0.717, 1.165) is 12.0 Å². The molecule has 0 atom stereocenters. The Bertz CT molecular complexity index is 997. The van der Waals surface area contributed by atoms with Crippen LogP contribution in [0.3, 0.4) is 0 Å². The maximum absolute atomic E-state index is 14.1. The zero-order valence-electron chi connectivity index (χ0n) is 13.4. The fraction of sp³-hybridized carbons (Fsp3) is 0.105. The third kappa shape index (κ3) is 3.19. The van der Waals surface area contributed by atoms with Gasteiger partial charge in [-0.15, -0.1) is 0 Å². The van der Waals surface area contributed by atoms with Crippen molar-refractivity contribution in [2.45, 2.75) is 6.42 Å². The normalized spacial score (nSPS) is 10.9. The standard InChI is InChI=1S/C19H16FN5/c20-16-6-2-1-5-15(16)17-13-25-11-10-23-19(25)18(24-17)22-9-7-14-4-3-8-21-12-14/h1-6,8,10-13H,7,9H2,(H,22,24). The molecule has 6 heteroatoms. The molecule has 124 valence electrons. The Labute approximate surface area is 144 Å². The van der Waals surface area contributed by atoms with Crippen molar-refractivity contribution in [3.63, 3.8) is 0 Å². The first kappa shape index (κ1) is 15.3. The lowest BCUT2D eigenvalue weighted by Crippen LogP contribution is -2.09. The Balaban J connectivity index is 1.63. The first-order chi connectivity index (χ1) is 12.3. The van der Waals surface area contributed by atoms with E-state index in [1.165, 1.54) is 6.07 Å². The average molecular weight is 333 g/mol. The summed E-state index contributed by atoms with van der Waals surface area (Å²) in [6.45, 7) is 0.682. The van der Waals surface area contributed by atoms with Gasteiger partial charge in [0.25, 0.3) is 0 Å². The van der Waals surface area contributed by atoms with Crippen molar-refractivity contribution < 1.29 is 4.39 Å². The number of imidazole rings is 1. The second-order valence-corrected chi connectivity index (χ2v) is 5.65. The summed E-state index contributed by atoms with van der Waals surface area (Å²) in [5, 5.41) is 3.31. The third-order valence-electron chi connectivity index (χ3n) is 3.95. The molecule has 0 fully saturated rings. The average Bonchev–Trinajstić information content (AvgIpc) is 3.12. The van der Waals surface area contributed by atoms with Gasteiger partial charge in [-0.05, 0) is 30.2 Å². The van der Waals surface area contributed by atoms with E-state index in [-0.39, 0.29) is 5.82 Å². The van der Waals surface area contributed by atoms with Crippen molar-refractivity contribution in [3.8, 4) is 11.3 Å². The number of anilines is 1. The van der Waals surface area contributed by atoms with Crippen molar-refractivity contribution >= 4 is 11.5 Å². The fourth-order valence-corrected chi connectivity index (χ4v) is 2.72. The lowest BCUT2D eigenvalue weighted by atomic mass is 10.1. The van der Waals surface area contributed by atoms with Crippen molar-refractivity contribution in [2.75, 3.05) is 11.9 Å². The number of nitrogens with zero attached hydrogens (tertiary/aromatic N) is 4. The topological polar surface area (TPSA) is 55.1 Å². The van der Waals surface area contributed by atoms with Crippen LogP contribution in [0.15, 0.2) is 67.4 Å². The van der Waals surface area contributed by atoms with Crippen LogP contribution < -0.4 is 5.32 Å². The van der Waals surface area contributed by atoms with Crippen LogP contribution >= 0.6 is 0 Å². The van der Waals surface area contributed by atoms with Crippen LogP contribution in [0.5, 0.6) is 0 Å². The molecule has 1 N–H and O–H groups in total. The minimum Gasteiger partial charge on any atom is -0.367 e. The summed E-state index contributed by atoms with van der Waals surface area (Å²) < 4.78 is 16.0. The lowest BCUT2D eigenvalue weighted by molar-refractivity contribution is 0.630. The highest BCUT2D eigenvalue weighted by molar-refractivity contribution is 5.69. The molecule has 0 aliphatic rings. The van der Waals surface area contributed by atoms with E-state index in [9.17, 15) is 4.39 Å². The predicted octanol–water partition coefficient (Wildman–Crippen LogP) is 3.59. The Kier molecular flexibility index (Phi) is 4.08. The molecule has 5 nitrogen and oxygen atoms in total. The van der Waals surface area contributed by atoms with Crippen LogP contribution in [0.1, 0.15) is 5.56 Å². The van der Waals surface area contributed by atoms with E-state index in [1.807, 2.05) is 28.9 Å². The molecule has 0 saturated carbocycles. The Morgan fingerprint density at radius 2 is 2.00 bits per heavy atom. The van der Waals surface area contributed by atoms with Gasteiger partial charge in [0.15, 0.2) is 11.5 Å². The minimum absolute atomic E-state index is 0.296. The van der Waals surface area contributed by atoms with Crippen molar-refractivity contribution in [3.05, 3.63) is 78.8 Å². The zero-order valence-corrected chi connectivity index (χ0v) is 13.4. The predicted molar refractivity (Wildman–Crippen MR) is 94.8 cm³/mol. The molecule has 1 aromatic carbocycles. The smallest absolute Gasteiger partial charge is 0.180 e. The van der Waals surface area contributed by atoms with E-state index in [1.54, 1.807) is 36.8 Å². The quantitative estimate of drug-likeness (QED) is 0.606. The molecule has 0 aliphatic carbocycles. The number of halogens is 1. The van der Waals surface area contributed by atoms with Crippen LogP contribution in [0.4, 0.5) is 10.2 Å². The summed E-state index contributed by atoms with van der Waals surface area (Å²) in [4.78, 5) is 13.0. The molecule has 0 spiro atoms. The number of pyridine rings is 1. The Hall–Kier alpha value is -3.28. The minimum atomic E-state index is -0.296. The first-order valence-electron chi connectivity index (χ1n) is 8.02. The molecular weight excluding hydrogens is 317 g/mol. The highest BCUT2D eigenvalue weighted by Crippen LogP contribution is 2.24. The number of hydrogen-bond donors (Lipinski definition) is 1. The number of rotatable bonds is 5. The molecule has 3 aromatic heterocycles. The van der Waals surface area contributed by atoms with Gasteiger partial charge >= 0.3 is 0 Å². The van der Waals surface area contributed by atoms with Gasteiger partial charge in [-0.2, -0.15) is 0 Å². The van der Waals surface area contributed by atoms with Crippen LogP contribution in [-0.2, 0) is 6.42 Å². The summed E-state index contributed by atoms with van der Waals surface area (Å²) >= 11 is 0. The van der Waals surface area contributed by atoms with Crippen LogP contribution in [-0.4, -0.2) is 25.9 Å². The maximum Gasteiger partial charge on any atom is 0.180 e. The van der Waals surface area contributed by atoms with Crippen molar-refractivity contribution in [2.24, 2.45) is 0 Å². The molecule has 0 bridgehead atoms. The molecule has 0 radical (unpaired) electrons. The second kappa shape index (κ2) is 6.68. The van der Waals surface area contributed by atoms with Crippen molar-refractivity contribution in [1.29, 1.82) is 0 Å².